The number of carbonyl (C=O) groups is 3. The molecule has 0 radical (unpaired) electrons. The van der Waals surface area contributed by atoms with Crippen LogP contribution in [0.4, 0.5) is 17.3 Å². The molecular formula is C21H18N4O3. The second-order valence-corrected chi connectivity index (χ2v) is 6.12. The van der Waals surface area contributed by atoms with Crippen LogP contribution in [0.1, 0.15) is 45.1 Å². The van der Waals surface area contributed by atoms with E-state index in [4.69, 9.17) is 0 Å². The van der Waals surface area contributed by atoms with Crippen molar-refractivity contribution in [3.63, 3.8) is 0 Å². The third-order valence-corrected chi connectivity index (χ3v) is 3.96. The minimum absolute atomic E-state index is 0.0433. The topological polar surface area (TPSA) is 101 Å². The maximum Gasteiger partial charge on any atom is 0.274 e. The number of Topliss-reactive ketones (excluding diaryl/α,β-unsaturated/α-hetero) is 2. The van der Waals surface area contributed by atoms with E-state index in [1.807, 2.05) is 0 Å². The Kier molecular flexibility index (Phi) is 5.55. The second-order valence-electron chi connectivity index (χ2n) is 6.12. The average molecular weight is 374 g/mol. The zero-order valence-electron chi connectivity index (χ0n) is 15.4. The number of aromatic nitrogens is 2. The molecule has 1 heterocycles. The summed E-state index contributed by atoms with van der Waals surface area (Å²) in [7, 11) is 0. The molecule has 0 unspecified atom stereocenters. The highest BCUT2D eigenvalue weighted by atomic mass is 16.2. The summed E-state index contributed by atoms with van der Waals surface area (Å²) in [5, 5.41) is 5.71. The van der Waals surface area contributed by atoms with Gasteiger partial charge < -0.3 is 10.6 Å². The number of amides is 1. The molecule has 0 saturated heterocycles. The van der Waals surface area contributed by atoms with E-state index in [1.54, 1.807) is 48.5 Å². The molecule has 2 N–H and O–H groups in total. The zero-order valence-corrected chi connectivity index (χ0v) is 15.4. The molecule has 0 bridgehead atoms. The van der Waals surface area contributed by atoms with Gasteiger partial charge in [0.05, 0.1) is 0 Å². The van der Waals surface area contributed by atoms with Gasteiger partial charge in [0.1, 0.15) is 5.69 Å². The van der Waals surface area contributed by atoms with Crippen molar-refractivity contribution in [3.05, 3.63) is 77.6 Å². The van der Waals surface area contributed by atoms with Crippen LogP contribution in [0.2, 0.25) is 0 Å². The smallest absolute Gasteiger partial charge is 0.274 e. The van der Waals surface area contributed by atoms with Crippen LogP contribution >= 0.6 is 0 Å². The Labute approximate surface area is 161 Å². The molecule has 3 aromatic rings. The normalized spacial score (nSPS) is 10.2. The highest BCUT2D eigenvalue weighted by Gasteiger charge is 2.10. The van der Waals surface area contributed by atoms with Gasteiger partial charge in [0.2, 0.25) is 5.95 Å². The van der Waals surface area contributed by atoms with Crippen LogP contribution in [0.5, 0.6) is 0 Å². The van der Waals surface area contributed by atoms with Gasteiger partial charge in [-0.15, -0.1) is 0 Å². The van der Waals surface area contributed by atoms with Crippen LogP contribution in [0.25, 0.3) is 0 Å². The largest absolute Gasteiger partial charge is 0.324 e. The predicted molar refractivity (Wildman–Crippen MR) is 106 cm³/mol. The molecule has 3 rings (SSSR count). The molecule has 2 aromatic carbocycles. The summed E-state index contributed by atoms with van der Waals surface area (Å²) in [6.45, 7) is 2.97. The number of rotatable bonds is 6. The van der Waals surface area contributed by atoms with Crippen molar-refractivity contribution in [2.75, 3.05) is 10.6 Å². The number of benzene rings is 2. The summed E-state index contributed by atoms with van der Waals surface area (Å²) >= 11 is 0. The van der Waals surface area contributed by atoms with Gasteiger partial charge >= 0.3 is 0 Å². The van der Waals surface area contributed by atoms with Crippen molar-refractivity contribution in [3.8, 4) is 0 Å². The quantitative estimate of drug-likeness (QED) is 0.635. The molecule has 28 heavy (non-hydrogen) atoms. The standard InChI is InChI=1S/C21H18N4O3/c1-13(26)15-6-8-17(9-7-15)23-20(28)19-10-11-22-21(25-19)24-18-5-3-4-16(12-18)14(2)27/h3-12H,1-2H3,(H,23,28)(H,22,24,25). The van der Waals surface area contributed by atoms with Gasteiger partial charge in [0.25, 0.3) is 5.91 Å². The molecule has 0 aliphatic rings. The minimum atomic E-state index is -0.404. The first-order valence-electron chi connectivity index (χ1n) is 8.56. The van der Waals surface area contributed by atoms with Gasteiger partial charge in [0, 0.05) is 28.7 Å². The number of nitrogens with one attached hydrogen (secondary N) is 2. The lowest BCUT2D eigenvalue weighted by Gasteiger charge is -2.08. The molecule has 0 saturated carbocycles. The Morgan fingerprint density at radius 2 is 1.54 bits per heavy atom. The average Bonchev–Trinajstić information content (AvgIpc) is 2.69. The van der Waals surface area contributed by atoms with Crippen LogP contribution in [0, 0.1) is 0 Å². The summed E-state index contributed by atoms with van der Waals surface area (Å²) in [4.78, 5) is 43.6. The first-order chi connectivity index (χ1) is 13.4. The molecule has 0 atom stereocenters. The molecule has 1 aromatic heterocycles. The Morgan fingerprint density at radius 1 is 0.821 bits per heavy atom. The molecule has 0 fully saturated rings. The molecule has 0 aliphatic heterocycles. The van der Waals surface area contributed by atoms with E-state index < -0.39 is 5.91 Å². The molecule has 0 spiro atoms. The van der Waals surface area contributed by atoms with E-state index in [-0.39, 0.29) is 23.2 Å². The molecule has 7 nitrogen and oxygen atoms in total. The van der Waals surface area contributed by atoms with E-state index in [0.29, 0.717) is 22.5 Å². The Bertz CT molecular complexity index is 1050. The predicted octanol–water partition coefficient (Wildman–Crippen LogP) is 3.88. The fraction of sp³-hybridized carbons (Fsp3) is 0.0952. The van der Waals surface area contributed by atoms with Gasteiger partial charge in [-0.25, -0.2) is 9.97 Å². The van der Waals surface area contributed by atoms with Crippen LogP contribution in [0.15, 0.2) is 60.8 Å². The second kappa shape index (κ2) is 8.22. The minimum Gasteiger partial charge on any atom is -0.324 e. The van der Waals surface area contributed by atoms with Crippen molar-refractivity contribution in [2.24, 2.45) is 0 Å². The van der Waals surface area contributed by atoms with Gasteiger partial charge in [-0.05, 0) is 56.3 Å². The van der Waals surface area contributed by atoms with Crippen LogP contribution < -0.4 is 10.6 Å². The van der Waals surface area contributed by atoms with E-state index in [1.165, 1.54) is 26.1 Å². The monoisotopic (exact) mass is 374 g/mol. The number of hydrogen-bond donors (Lipinski definition) is 2. The maximum absolute atomic E-state index is 12.4. The highest BCUT2D eigenvalue weighted by molar-refractivity contribution is 6.03. The fourth-order valence-electron chi connectivity index (χ4n) is 2.47. The summed E-state index contributed by atoms with van der Waals surface area (Å²) in [6.07, 6.45) is 1.47. The lowest BCUT2D eigenvalue weighted by molar-refractivity contribution is 0.100. The van der Waals surface area contributed by atoms with E-state index in [2.05, 4.69) is 20.6 Å². The first kappa shape index (κ1) is 18.9. The number of ketones is 2. The van der Waals surface area contributed by atoms with Crippen molar-refractivity contribution in [1.29, 1.82) is 0 Å². The highest BCUT2D eigenvalue weighted by Crippen LogP contribution is 2.16. The van der Waals surface area contributed by atoms with E-state index in [9.17, 15) is 14.4 Å². The number of hydrogen-bond acceptors (Lipinski definition) is 6. The van der Waals surface area contributed by atoms with Crippen LogP contribution in [-0.2, 0) is 0 Å². The summed E-state index contributed by atoms with van der Waals surface area (Å²) in [5.74, 6) is -0.259. The summed E-state index contributed by atoms with van der Waals surface area (Å²) in [5.41, 5.74) is 2.51. The first-order valence-corrected chi connectivity index (χ1v) is 8.56. The molecule has 140 valence electrons. The number of anilines is 3. The molecule has 1 amide bonds. The fourth-order valence-corrected chi connectivity index (χ4v) is 2.47. The number of nitrogens with zero attached hydrogens (tertiary/aromatic N) is 2. The van der Waals surface area contributed by atoms with Gasteiger partial charge in [0.15, 0.2) is 11.6 Å². The lowest BCUT2D eigenvalue weighted by Crippen LogP contribution is -2.14. The van der Waals surface area contributed by atoms with Crippen LogP contribution in [0.3, 0.4) is 0 Å². The molecule has 7 heteroatoms. The van der Waals surface area contributed by atoms with Crippen molar-refractivity contribution in [1.82, 2.24) is 9.97 Å². The van der Waals surface area contributed by atoms with Crippen molar-refractivity contribution >= 4 is 34.8 Å². The third-order valence-electron chi connectivity index (χ3n) is 3.96. The van der Waals surface area contributed by atoms with E-state index in [0.717, 1.165) is 0 Å². The van der Waals surface area contributed by atoms with Crippen LogP contribution in [-0.4, -0.2) is 27.4 Å². The third kappa shape index (κ3) is 4.64. The molecular weight excluding hydrogens is 356 g/mol. The lowest BCUT2D eigenvalue weighted by atomic mass is 10.1. The Balaban J connectivity index is 1.73. The Hall–Kier alpha value is -3.87. The molecule has 0 aliphatic carbocycles. The number of carbonyl (C=O) groups excluding carboxylic acids is 3. The SMILES string of the molecule is CC(=O)c1ccc(NC(=O)c2ccnc(Nc3cccc(C(C)=O)c3)n2)cc1. The van der Waals surface area contributed by atoms with Crippen molar-refractivity contribution in [2.45, 2.75) is 13.8 Å². The van der Waals surface area contributed by atoms with Gasteiger partial charge in [-0.1, -0.05) is 12.1 Å². The Morgan fingerprint density at radius 3 is 2.21 bits per heavy atom. The van der Waals surface area contributed by atoms with Gasteiger partial charge in [-0.2, -0.15) is 0 Å². The maximum atomic E-state index is 12.4. The van der Waals surface area contributed by atoms with Gasteiger partial charge in [-0.3, -0.25) is 14.4 Å². The summed E-state index contributed by atoms with van der Waals surface area (Å²) in [6, 6.07) is 15.0. The van der Waals surface area contributed by atoms with E-state index >= 15 is 0 Å². The van der Waals surface area contributed by atoms with Crippen molar-refractivity contribution < 1.29 is 14.4 Å². The summed E-state index contributed by atoms with van der Waals surface area (Å²) < 4.78 is 0. The zero-order chi connectivity index (χ0) is 20.1.